The van der Waals surface area contributed by atoms with E-state index in [0.29, 0.717) is 22.8 Å². The van der Waals surface area contributed by atoms with Crippen LogP contribution >= 0.6 is 23.2 Å². The van der Waals surface area contributed by atoms with Crippen LogP contribution in [-0.2, 0) is 4.79 Å². The fourth-order valence-corrected chi connectivity index (χ4v) is 2.63. The molecule has 0 atom stereocenters. The molecule has 0 heterocycles. The van der Waals surface area contributed by atoms with Gasteiger partial charge in [-0.3, -0.25) is 9.59 Å². The van der Waals surface area contributed by atoms with E-state index in [4.69, 9.17) is 27.9 Å². The summed E-state index contributed by atoms with van der Waals surface area (Å²) in [7, 11) is 1.42. The van der Waals surface area contributed by atoms with E-state index >= 15 is 0 Å². The summed E-state index contributed by atoms with van der Waals surface area (Å²) in [6.07, 6.45) is 0.370. The van der Waals surface area contributed by atoms with Gasteiger partial charge >= 0.3 is 0 Å². The van der Waals surface area contributed by atoms with Crippen LogP contribution in [0.4, 0.5) is 11.4 Å². The molecule has 0 saturated heterocycles. The number of benzene rings is 2. The van der Waals surface area contributed by atoms with E-state index in [1.165, 1.54) is 19.2 Å². The van der Waals surface area contributed by atoms with Crippen LogP contribution in [0.15, 0.2) is 36.4 Å². The fourth-order valence-electron chi connectivity index (χ4n) is 2.06. The number of carbonyl (C=O) groups excluding carboxylic acids is 2. The lowest BCUT2D eigenvalue weighted by Gasteiger charge is -2.12. The maximum atomic E-state index is 12.5. The normalized spacial score (nSPS) is 10.2. The largest absolute Gasteiger partial charge is 0.494 e. The molecular formula is C17H16Cl2N2O3. The van der Waals surface area contributed by atoms with Crippen LogP contribution in [-0.4, -0.2) is 18.9 Å². The van der Waals surface area contributed by atoms with Crippen LogP contribution in [0.5, 0.6) is 5.75 Å². The second kappa shape index (κ2) is 8.04. The molecule has 5 nitrogen and oxygen atoms in total. The van der Waals surface area contributed by atoms with Crippen LogP contribution in [0, 0.1) is 0 Å². The molecule has 2 aromatic carbocycles. The lowest BCUT2D eigenvalue weighted by atomic mass is 10.1. The number of rotatable bonds is 5. The Hall–Kier alpha value is -2.24. The Bertz CT molecular complexity index is 778. The predicted molar refractivity (Wildman–Crippen MR) is 96.3 cm³/mol. The van der Waals surface area contributed by atoms with Crippen molar-refractivity contribution in [3.63, 3.8) is 0 Å². The lowest BCUT2D eigenvalue weighted by molar-refractivity contribution is -0.115. The maximum Gasteiger partial charge on any atom is 0.259 e. The smallest absolute Gasteiger partial charge is 0.259 e. The standard InChI is InChI=1S/C17H16Cl2N2O3/c1-3-15(22)20-11-5-4-6-12(9-11)21-17(23)13-7-10(18)8-14(19)16(13)24-2/h4-9H,3H2,1-2H3,(H,20,22)(H,21,23). The Balaban J connectivity index is 2.24. The van der Waals surface area contributed by atoms with Gasteiger partial charge in [0.05, 0.1) is 17.7 Å². The summed E-state index contributed by atoms with van der Waals surface area (Å²) < 4.78 is 5.17. The number of carbonyl (C=O) groups is 2. The molecule has 0 aromatic heterocycles. The lowest BCUT2D eigenvalue weighted by Crippen LogP contribution is -2.14. The van der Waals surface area contributed by atoms with Crippen LogP contribution in [0.1, 0.15) is 23.7 Å². The monoisotopic (exact) mass is 366 g/mol. The van der Waals surface area contributed by atoms with Crippen molar-refractivity contribution in [1.82, 2.24) is 0 Å². The molecule has 2 N–H and O–H groups in total. The highest BCUT2D eigenvalue weighted by Gasteiger charge is 2.17. The molecule has 0 fully saturated rings. The average molecular weight is 367 g/mol. The maximum absolute atomic E-state index is 12.5. The van der Waals surface area contributed by atoms with E-state index in [1.807, 2.05) is 0 Å². The molecule has 2 aromatic rings. The molecule has 0 unspecified atom stereocenters. The van der Waals surface area contributed by atoms with Gasteiger partial charge in [-0.05, 0) is 30.3 Å². The van der Waals surface area contributed by atoms with Crippen molar-refractivity contribution in [2.24, 2.45) is 0 Å². The predicted octanol–water partition coefficient (Wildman–Crippen LogP) is 4.60. The third-order valence-electron chi connectivity index (χ3n) is 3.18. The van der Waals surface area contributed by atoms with Crippen molar-refractivity contribution in [1.29, 1.82) is 0 Å². The zero-order valence-electron chi connectivity index (χ0n) is 13.2. The van der Waals surface area contributed by atoms with E-state index in [9.17, 15) is 9.59 Å². The zero-order chi connectivity index (χ0) is 17.7. The molecule has 0 radical (unpaired) electrons. The van der Waals surface area contributed by atoms with Crippen molar-refractivity contribution in [2.45, 2.75) is 13.3 Å². The van der Waals surface area contributed by atoms with E-state index in [0.717, 1.165) is 0 Å². The minimum atomic E-state index is -0.421. The highest BCUT2D eigenvalue weighted by Crippen LogP contribution is 2.32. The number of nitrogens with one attached hydrogen (secondary N) is 2. The minimum absolute atomic E-state index is 0.109. The van der Waals surface area contributed by atoms with Gasteiger partial charge in [-0.1, -0.05) is 36.2 Å². The highest BCUT2D eigenvalue weighted by molar-refractivity contribution is 6.36. The molecular weight excluding hydrogens is 351 g/mol. The summed E-state index contributed by atoms with van der Waals surface area (Å²) >= 11 is 12.0. The molecule has 0 spiro atoms. The summed E-state index contributed by atoms with van der Waals surface area (Å²) in [5, 5.41) is 6.04. The molecule has 0 saturated carbocycles. The van der Waals surface area contributed by atoms with Gasteiger partial charge in [0.15, 0.2) is 0 Å². The molecule has 0 aliphatic rings. The van der Waals surface area contributed by atoms with Crippen LogP contribution in [0.2, 0.25) is 10.0 Å². The second-order valence-corrected chi connectivity index (χ2v) is 5.75. The minimum Gasteiger partial charge on any atom is -0.494 e. The van der Waals surface area contributed by atoms with Crippen LogP contribution in [0.25, 0.3) is 0 Å². The summed E-state index contributed by atoms with van der Waals surface area (Å²) in [5.74, 6) is -0.286. The number of anilines is 2. The Kier molecular flexibility index (Phi) is 6.06. The number of ether oxygens (including phenoxy) is 1. The number of amides is 2. The topological polar surface area (TPSA) is 67.4 Å². The van der Waals surface area contributed by atoms with Gasteiger partial charge < -0.3 is 15.4 Å². The van der Waals surface area contributed by atoms with E-state index in [-0.39, 0.29) is 22.2 Å². The number of halogens is 2. The Morgan fingerprint density at radius 1 is 1.08 bits per heavy atom. The first-order chi connectivity index (χ1) is 11.4. The van der Waals surface area contributed by atoms with E-state index < -0.39 is 5.91 Å². The van der Waals surface area contributed by atoms with Gasteiger partial charge in [0.1, 0.15) is 5.75 Å². The molecule has 0 aliphatic carbocycles. The van der Waals surface area contributed by atoms with Gasteiger partial charge in [-0.2, -0.15) is 0 Å². The van der Waals surface area contributed by atoms with Gasteiger partial charge in [0, 0.05) is 22.8 Å². The van der Waals surface area contributed by atoms with Crippen molar-refractivity contribution in [3.05, 3.63) is 52.0 Å². The van der Waals surface area contributed by atoms with Crippen molar-refractivity contribution < 1.29 is 14.3 Å². The summed E-state index contributed by atoms with van der Waals surface area (Å²) in [4.78, 5) is 23.9. The third-order valence-corrected chi connectivity index (χ3v) is 3.68. The molecule has 24 heavy (non-hydrogen) atoms. The SMILES string of the molecule is CCC(=O)Nc1cccc(NC(=O)c2cc(Cl)cc(Cl)c2OC)c1. The van der Waals surface area contributed by atoms with Gasteiger partial charge in [0.25, 0.3) is 5.91 Å². The fraction of sp³-hybridized carbons (Fsp3) is 0.176. The summed E-state index contributed by atoms with van der Waals surface area (Å²) in [6.45, 7) is 1.76. The zero-order valence-corrected chi connectivity index (χ0v) is 14.7. The molecule has 126 valence electrons. The Morgan fingerprint density at radius 3 is 2.38 bits per heavy atom. The third kappa shape index (κ3) is 4.40. The first-order valence-corrected chi connectivity index (χ1v) is 7.94. The highest BCUT2D eigenvalue weighted by atomic mass is 35.5. The van der Waals surface area contributed by atoms with Crippen LogP contribution in [0.3, 0.4) is 0 Å². The molecule has 0 aliphatic heterocycles. The second-order valence-electron chi connectivity index (χ2n) is 4.91. The first-order valence-electron chi connectivity index (χ1n) is 7.19. The molecule has 2 rings (SSSR count). The molecule has 7 heteroatoms. The van der Waals surface area contributed by atoms with E-state index in [1.54, 1.807) is 31.2 Å². The number of hydrogen-bond acceptors (Lipinski definition) is 3. The van der Waals surface area contributed by atoms with Crippen molar-refractivity contribution in [2.75, 3.05) is 17.7 Å². The number of methoxy groups -OCH3 is 1. The molecule has 2 amide bonds. The van der Waals surface area contributed by atoms with Gasteiger partial charge in [-0.25, -0.2) is 0 Å². The Labute approximate surface area is 149 Å². The van der Waals surface area contributed by atoms with Crippen molar-refractivity contribution in [3.8, 4) is 5.75 Å². The first kappa shape index (κ1) is 18.1. The van der Waals surface area contributed by atoms with Gasteiger partial charge in [-0.15, -0.1) is 0 Å². The van der Waals surface area contributed by atoms with E-state index in [2.05, 4.69) is 10.6 Å². The molecule has 0 bridgehead atoms. The Morgan fingerprint density at radius 2 is 1.75 bits per heavy atom. The summed E-state index contributed by atoms with van der Waals surface area (Å²) in [5.41, 5.74) is 1.33. The number of hydrogen-bond donors (Lipinski definition) is 2. The van der Waals surface area contributed by atoms with Gasteiger partial charge in [0.2, 0.25) is 5.91 Å². The summed E-state index contributed by atoms with van der Waals surface area (Å²) in [6, 6.07) is 9.80. The quantitative estimate of drug-likeness (QED) is 0.812. The van der Waals surface area contributed by atoms with Crippen LogP contribution < -0.4 is 15.4 Å². The average Bonchev–Trinajstić information content (AvgIpc) is 2.54. The van der Waals surface area contributed by atoms with Crippen molar-refractivity contribution >= 4 is 46.4 Å².